The van der Waals surface area contributed by atoms with Gasteiger partial charge in [-0.05, 0) is 31.1 Å². The van der Waals surface area contributed by atoms with Gasteiger partial charge in [-0.25, -0.2) is 0 Å². The van der Waals surface area contributed by atoms with Crippen LogP contribution in [0.3, 0.4) is 0 Å². The van der Waals surface area contributed by atoms with Crippen LogP contribution in [0.5, 0.6) is 0 Å². The van der Waals surface area contributed by atoms with Gasteiger partial charge in [0.15, 0.2) is 0 Å². The van der Waals surface area contributed by atoms with Gasteiger partial charge in [-0.1, -0.05) is 40.5 Å². The van der Waals surface area contributed by atoms with Gasteiger partial charge >= 0.3 is 0 Å². The molecule has 0 saturated carbocycles. The quantitative estimate of drug-likeness (QED) is 0.644. The van der Waals surface area contributed by atoms with Gasteiger partial charge in [0.2, 0.25) is 0 Å². The van der Waals surface area contributed by atoms with E-state index in [1.807, 2.05) is 0 Å². The Morgan fingerprint density at radius 3 is 1.92 bits per heavy atom. The summed E-state index contributed by atoms with van der Waals surface area (Å²) in [5, 5.41) is 9.55. The fourth-order valence-electron chi connectivity index (χ4n) is 1.72. The molecule has 13 heavy (non-hydrogen) atoms. The predicted molar refractivity (Wildman–Crippen MR) is 58.8 cm³/mol. The lowest BCUT2D eigenvalue weighted by Gasteiger charge is -2.20. The summed E-state index contributed by atoms with van der Waals surface area (Å²) in [4.78, 5) is 0. The first kappa shape index (κ1) is 13.0. The Morgan fingerprint density at radius 2 is 1.54 bits per heavy atom. The van der Waals surface area contributed by atoms with Crippen molar-refractivity contribution in [3.63, 3.8) is 0 Å². The van der Waals surface area contributed by atoms with Gasteiger partial charge in [-0.3, -0.25) is 0 Å². The van der Waals surface area contributed by atoms with Crippen LogP contribution in [-0.4, -0.2) is 11.2 Å². The van der Waals surface area contributed by atoms with Gasteiger partial charge in [0.05, 0.1) is 6.10 Å². The van der Waals surface area contributed by atoms with E-state index in [0.717, 1.165) is 24.7 Å². The Morgan fingerprint density at radius 1 is 0.923 bits per heavy atom. The second kappa shape index (κ2) is 7.37. The molecule has 0 spiro atoms. The molecular weight excluding hydrogens is 160 g/mol. The van der Waals surface area contributed by atoms with Gasteiger partial charge < -0.3 is 5.11 Å². The third-order valence-electron chi connectivity index (χ3n) is 3.09. The minimum absolute atomic E-state index is 0.0750. The Labute approximate surface area is 83.5 Å². The zero-order chi connectivity index (χ0) is 10.3. The van der Waals surface area contributed by atoms with E-state index in [9.17, 15) is 5.11 Å². The summed E-state index contributed by atoms with van der Waals surface area (Å²) >= 11 is 0. The molecule has 1 N–H and O–H groups in total. The van der Waals surface area contributed by atoms with Gasteiger partial charge in [-0.2, -0.15) is 0 Å². The van der Waals surface area contributed by atoms with E-state index in [0.29, 0.717) is 0 Å². The van der Waals surface area contributed by atoms with Crippen LogP contribution in [0.2, 0.25) is 0 Å². The molecule has 0 amide bonds. The fraction of sp³-hybridized carbons (Fsp3) is 1.00. The van der Waals surface area contributed by atoms with Crippen molar-refractivity contribution in [3.8, 4) is 0 Å². The first-order valence-corrected chi connectivity index (χ1v) is 5.81. The Balaban J connectivity index is 3.74. The molecule has 1 heteroatoms. The monoisotopic (exact) mass is 186 g/mol. The largest absolute Gasteiger partial charge is 0.393 e. The topological polar surface area (TPSA) is 20.2 Å². The maximum atomic E-state index is 9.55. The molecule has 0 rings (SSSR count). The van der Waals surface area contributed by atoms with E-state index in [1.165, 1.54) is 19.3 Å². The molecule has 0 radical (unpaired) electrons. The van der Waals surface area contributed by atoms with Crippen molar-refractivity contribution in [2.45, 2.75) is 65.9 Å². The van der Waals surface area contributed by atoms with E-state index in [1.54, 1.807) is 0 Å². The minimum Gasteiger partial charge on any atom is -0.393 e. The Hall–Kier alpha value is -0.0400. The molecule has 0 aromatic heterocycles. The molecule has 0 aromatic rings. The second-order valence-electron chi connectivity index (χ2n) is 4.32. The lowest BCUT2D eigenvalue weighted by Crippen LogP contribution is -2.14. The van der Waals surface area contributed by atoms with Gasteiger partial charge in [0.25, 0.3) is 0 Å². The van der Waals surface area contributed by atoms with Crippen molar-refractivity contribution in [2.24, 2.45) is 11.8 Å². The number of hydrogen-bond donors (Lipinski definition) is 1. The summed E-state index contributed by atoms with van der Waals surface area (Å²) in [6, 6.07) is 0. The Kier molecular flexibility index (Phi) is 7.35. The minimum atomic E-state index is -0.0750. The molecule has 3 unspecified atom stereocenters. The molecule has 0 aliphatic heterocycles. The fourth-order valence-corrected chi connectivity index (χ4v) is 1.72. The second-order valence-corrected chi connectivity index (χ2v) is 4.32. The van der Waals surface area contributed by atoms with E-state index in [2.05, 4.69) is 27.7 Å². The van der Waals surface area contributed by atoms with Crippen molar-refractivity contribution in [2.75, 3.05) is 0 Å². The molecule has 0 aliphatic carbocycles. The zero-order valence-corrected chi connectivity index (χ0v) is 9.71. The van der Waals surface area contributed by atoms with Crippen LogP contribution in [0, 0.1) is 11.8 Å². The Bertz CT molecular complexity index is 99.7. The highest BCUT2D eigenvalue weighted by Crippen LogP contribution is 2.23. The third kappa shape index (κ3) is 6.09. The van der Waals surface area contributed by atoms with Gasteiger partial charge in [0, 0.05) is 0 Å². The zero-order valence-electron chi connectivity index (χ0n) is 9.71. The first-order chi connectivity index (χ1) is 6.13. The molecule has 0 saturated heterocycles. The van der Waals surface area contributed by atoms with Crippen LogP contribution in [-0.2, 0) is 0 Å². The summed E-state index contributed by atoms with van der Waals surface area (Å²) < 4.78 is 0. The molecule has 0 aromatic carbocycles. The van der Waals surface area contributed by atoms with Crippen molar-refractivity contribution in [3.05, 3.63) is 0 Å². The van der Waals surface area contributed by atoms with Crippen LogP contribution in [0.1, 0.15) is 59.8 Å². The van der Waals surface area contributed by atoms with E-state index < -0.39 is 0 Å². The summed E-state index contributed by atoms with van der Waals surface area (Å²) in [6.45, 7) is 8.84. The van der Waals surface area contributed by atoms with Crippen molar-refractivity contribution < 1.29 is 5.11 Å². The highest BCUT2D eigenvalue weighted by molar-refractivity contribution is 4.65. The molecular formula is C12H26O. The first-order valence-electron chi connectivity index (χ1n) is 5.81. The third-order valence-corrected chi connectivity index (χ3v) is 3.09. The highest BCUT2D eigenvalue weighted by Gasteiger charge is 2.13. The normalized spacial score (nSPS) is 18.2. The summed E-state index contributed by atoms with van der Waals surface area (Å²) in [6.07, 6.45) is 5.58. The number of aliphatic hydroxyl groups excluding tert-OH is 1. The smallest absolute Gasteiger partial charge is 0.0540 e. The summed E-state index contributed by atoms with van der Waals surface area (Å²) in [5.74, 6) is 1.54. The summed E-state index contributed by atoms with van der Waals surface area (Å²) in [7, 11) is 0. The maximum absolute atomic E-state index is 9.55. The lowest BCUT2D eigenvalue weighted by molar-refractivity contribution is 0.129. The van der Waals surface area contributed by atoms with Gasteiger partial charge in [-0.15, -0.1) is 0 Å². The summed E-state index contributed by atoms with van der Waals surface area (Å²) in [5.41, 5.74) is 0. The average molecular weight is 186 g/mol. The van der Waals surface area contributed by atoms with Crippen molar-refractivity contribution in [1.29, 1.82) is 0 Å². The van der Waals surface area contributed by atoms with E-state index in [4.69, 9.17) is 0 Å². The van der Waals surface area contributed by atoms with Crippen LogP contribution < -0.4 is 0 Å². The number of rotatable bonds is 7. The van der Waals surface area contributed by atoms with Crippen LogP contribution in [0.4, 0.5) is 0 Å². The molecule has 80 valence electrons. The molecule has 0 bridgehead atoms. The van der Waals surface area contributed by atoms with Crippen LogP contribution in [0.15, 0.2) is 0 Å². The molecule has 0 fully saturated rings. The molecule has 1 nitrogen and oxygen atoms in total. The van der Waals surface area contributed by atoms with Crippen molar-refractivity contribution >= 4 is 0 Å². The SMILES string of the molecule is CCC(C)CC(CC)CC(O)CC. The standard InChI is InChI=1S/C12H26O/c1-5-10(4)8-11(6-2)9-12(13)7-3/h10-13H,5-9H2,1-4H3. The van der Waals surface area contributed by atoms with Crippen LogP contribution in [0.25, 0.3) is 0 Å². The number of hydrogen-bond acceptors (Lipinski definition) is 1. The van der Waals surface area contributed by atoms with Gasteiger partial charge in [0.1, 0.15) is 0 Å². The van der Waals surface area contributed by atoms with Crippen LogP contribution >= 0.6 is 0 Å². The highest BCUT2D eigenvalue weighted by atomic mass is 16.3. The molecule has 3 atom stereocenters. The van der Waals surface area contributed by atoms with Crippen molar-refractivity contribution in [1.82, 2.24) is 0 Å². The number of aliphatic hydroxyl groups is 1. The predicted octanol–water partition coefficient (Wildman–Crippen LogP) is 3.61. The van der Waals surface area contributed by atoms with E-state index in [-0.39, 0.29) is 6.10 Å². The lowest BCUT2D eigenvalue weighted by atomic mass is 9.87. The average Bonchev–Trinajstić information content (AvgIpc) is 2.16. The molecule has 0 aliphatic rings. The maximum Gasteiger partial charge on any atom is 0.0540 e. The van der Waals surface area contributed by atoms with E-state index >= 15 is 0 Å². The molecule has 0 heterocycles.